The molecule has 7 rings (SSSR count). The third kappa shape index (κ3) is 5.76. The van der Waals surface area contributed by atoms with Crippen molar-refractivity contribution in [1.82, 2.24) is 0 Å². The summed E-state index contributed by atoms with van der Waals surface area (Å²) in [6, 6.07) is 24.5. The van der Waals surface area contributed by atoms with Crippen LogP contribution in [0.5, 0.6) is 0 Å². The van der Waals surface area contributed by atoms with Gasteiger partial charge in [-0.3, -0.25) is 0 Å². The van der Waals surface area contributed by atoms with Gasteiger partial charge in [0.25, 0.3) is 0 Å². The zero-order chi connectivity index (χ0) is 26.9. The number of thiophene rings is 2. The molecule has 0 unspecified atom stereocenters. The molecule has 0 aliphatic heterocycles. The zero-order valence-electron chi connectivity index (χ0n) is 23.3. The molecular weight excluding hydrogens is 752 g/mol. The average Bonchev–Trinajstić information content (AvgIpc) is 3.74. The molecule has 0 aliphatic rings. The predicted molar refractivity (Wildman–Crippen MR) is 185 cm³/mol. The fraction of sp³-hybridized carbons (Fsp3) is 0.333. The molecule has 204 valence electrons. The van der Waals surface area contributed by atoms with Crippen LogP contribution < -0.4 is 0 Å². The van der Waals surface area contributed by atoms with Crippen molar-refractivity contribution in [2.75, 3.05) is 0 Å². The second-order valence-electron chi connectivity index (χ2n) is 11.3. The standard InChI is InChI=1S/C36H36S2Te2/c1-2-3-4-5-6-7-8-9-10-11-12-24-13-15-25(16-14-24)33-21-27-20-29-31(23-34(27)40-33)38-35-28-19-26-17-18-39-32(26)22-30(28)37-36(29)35/h13-23H,2-12H2,1H3. The minimum absolute atomic E-state index is 0.104. The van der Waals surface area contributed by atoms with E-state index in [-0.39, 0.29) is 40.9 Å². The van der Waals surface area contributed by atoms with E-state index in [9.17, 15) is 0 Å². The van der Waals surface area contributed by atoms with Gasteiger partial charge in [-0.05, 0) is 0 Å². The molecule has 0 nitrogen and oxygen atoms in total. The Morgan fingerprint density at radius 1 is 0.600 bits per heavy atom. The van der Waals surface area contributed by atoms with E-state index in [4.69, 9.17) is 0 Å². The first-order chi connectivity index (χ1) is 19.8. The summed E-state index contributed by atoms with van der Waals surface area (Å²) in [6.45, 7) is 2.30. The minimum atomic E-state index is -0.335. The van der Waals surface area contributed by atoms with E-state index >= 15 is 0 Å². The molecule has 4 heterocycles. The number of benzene rings is 3. The molecule has 4 aromatic heterocycles. The van der Waals surface area contributed by atoms with E-state index in [1.54, 1.807) is 10.4 Å². The van der Waals surface area contributed by atoms with E-state index in [2.05, 4.69) is 71.7 Å². The van der Waals surface area contributed by atoms with Crippen molar-refractivity contribution >= 4 is 111 Å². The summed E-state index contributed by atoms with van der Waals surface area (Å²) in [6.07, 6.45) is 15.3. The second kappa shape index (κ2) is 12.6. The number of hydrogen-bond donors (Lipinski definition) is 0. The van der Waals surface area contributed by atoms with Crippen molar-refractivity contribution < 1.29 is 0 Å². The number of fused-ring (bicyclic) bond motifs is 7. The summed E-state index contributed by atoms with van der Waals surface area (Å²) in [5.41, 5.74) is 2.96. The SMILES string of the molecule is CCCCCCCCCCCCc1ccc(-c2cc3cc4c(cc3[te]2)sc2c3cc5cc[te]c5cc3sc42)cc1. The van der Waals surface area contributed by atoms with Crippen LogP contribution in [0.1, 0.15) is 76.7 Å². The van der Waals surface area contributed by atoms with Crippen LogP contribution in [-0.4, -0.2) is 40.9 Å². The molecule has 7 aromatic rings. The first kappa shape index (κ1) is 27.7. The Hall–Kier alpha value is -1.10. The van der Waals surface area contributed by atoms with Crippen molar-refractivity contribution in [3.63, 3.8) is 0 Å². The summed E-state index contributed by atoms with van der Waals surface area (Å²) in [4.78, 5) is 0. The molecule has 40 heavy (non-hydrogen) atoms. The van der Waals surface area contributed by atoms with Gasteiger partial charge in [0.15, 0.2) is 0 Å². The van der Waals surface area contributed by atoms with E-state index < -0.39 is 0 Å². The maximum atomic E-state index is 2.54. The summed E-state index contributed by atoms with van der Waals surface area (Å²) in [5.74, 6) is 0. The van der Waals surface area contributed by atoms with Gasteiger partial charge in [-0.25, -0.2) is 0 Å². The Labute approximate surface area is 265 Å². The third-order valence-electron chi connectivity index (χ3n) is 8.35. The third-order valence-corrected chi connectivity index (χ3v) is 16.6. The van der Waals surface area contributed by atoms with Crippen molar-refractivity contribution in [2.24, 2.45) is 0 Å². The second-order valence-corrected chi connectivity index (χ2v) is 19.2. The van der Waals surface area contributed by atoms with Crippen LogP contribution in [0.4, 0.5) is 0 Å². The quantitative estimate of drug-likeness (QED) is 0.0855. The average molecular weight is 788 g/mol. The molecule has 0 bridgehead atoms. The van der Waals surface area contributed by atoms with Gasteiger partial charge in [-0.2, -0.15) is 0 Å². The van der Waals surface area contributed by atoms with Crippen molar-refractivity contribution in [3.8, 4) is 9.14 Å². The summed E-state index contributed by atoms with van der Waals surface area (Å²) in [5, 5.41) is 5.91. The summed E-state index contributed by atoms with van der Waals surface area (Å²) >= 11 is 3.60. The summed E-state index contributed by atoms with van der Waals surface area (Å²) in [7, 11) is 0. The van der Waals surface area contributed by atoms with Crippen LogP contribution in [0.15, 0.2) is 64.7 Å². The van der Waals surface area contributed by atoms with E-state index in [0.717, 1.165) is 0 Å². The maximum absolute atomic E-state index is 2.54. The Kier molecular flexibility index (Phi) is 8.76. The van der Waals surface area contributed by atoms with E-state index in [0.29, 0.717) is 0 Å². The molecule has 0 spiro atoms. The van der Waals surface area contributed by atoms with Gasteiger partial charge in [-0.1, -0.05) is 32.6 Å². The first-order valence-electron chi connectivity index (χ1n) is 15.1. The van der Waals surface area contributed by atoms with E-state index in [1.807, 2.05) is 22.7 Å². The molecule has 0 saturated carbocycles. The molecular formula is C36H36S2Te2. The van der Waals surface area contributed by atoms with Crippen LogP contribution in [0, 0.1) is 0 Å². The van der Waals surface area contributed by atoms with Gasteiger partial charge < -0.3 is 0 Å². The van der Waals surface area contributed by atoms with Crippen LogP contribution in [0.2, 0.25) is 0 Å². The Bertz CT molecular complexity index is 1890. The molecule has 0 fully saturated rings. The topological polar surface area (TPSA) is 0 Å². The van der Waals surface area contributed by atoms with Crippen molar-refractivity contribution in [1.29, 1.82) is 0 Å². The van der Waals surface area contributed by atoms with Gasteiger partial charge in [0.2, 0.25) is 0 Å². The normalized spacial score (nSPS) is 12.2. The first-order valence-corrected chi connectivity index (χ1v) is 21.5. The molecule has 0 N–H and O–H groups in total. The fourth-order valence-corrected chi connectivity index (χ4v) is 14.6. The Balaban J connectivity index is 1.02. The molecule has 3 aromatic carbocycles. The Morgan fingerprint density at radius 3 is 1.93 bits per heavy atom. The van der Waals surface area contributed by atoms with Gasteiger partial charge in [0.1, 0.15) is 0 Å². The van der Waals surface area contributed by atoms with Crippen LogP contribution in [0.3, 0.4) is 0 Å². The summed E-state index contributed by atoms with van der Waals surface area (Å²) < 4.78 is 13.2. The molecule has 0 radical (unpaired) electrons. The molecule has 4 heteroatoms. The number of aryl methyl sites for hydroxylation is 1. The zero-order valence-corrected chi connectivity index (χ0v) is 29.6. The number of rotatable bonds is 12. The van der Waals surface area contributed by atoms with Crippen LogP contribution >= 0.6 is 22.7 Å². The van der Waals surface area contributed by atoms with Gasteiger partial charge in [0.05, 0.1) is 0 Å². The number of unbranched alkanes of at least 4 members (excludes halogenated alkanes) is 9. The number of hydrogen-bond acceptors (Lipinski definition) is 2. The fourth-order valence-electron chi connectivity index (χ4n) is 6.04. The van der Waals surface area contributed by atoms with Gasteiger partial charge >= 0.3 is 235 Å². The van der Waals surface area contributed by atoms with Crippen molar-refractivity contribution in [2.45, 2.75) is 77.6 Å². The molecule has 0 aliphatic carbocycles. The predicted octanol–water partition coefficient (Wildman–Crippen LogP) is 11.8. The van der Waals surface area contributed by atoms with Crippen LogP contribution in [-0.2, 0) is 6.42 Å². The van der Waals surface area contributed by atoms with Gasteiger partial charge in [-0.15, -0.1) is 0 Å². The van der Waals surface area contributed by atoms with Crippen molar-refractivity contribution in [3.05, 3.63) is 70.3 Å². The van der Waals surface area contributed by atoms with Crippen LogP contribution in [0.25, 0.3) is 56.3 Å². The monoisotopic (exact) mass is 792 g/mol. The molecule has 0 atom stereocenters. The van der Waals surface area contributed by atoms with Gasteiger partial charge in [0, 0.05) is 0 Å². The molecule has 0 saturated heterocycles. The Morgan fingerprint density at radius 2 is 1.23 bits per heavy atom. The molecule has 0 amide bonds. The van der Waals surface area contributed by atoms with E-state index in [1.165, 1.54) is 122 Å².